The maximum atomic E-state index is 14.7. The van der Waals surface area contributed by atoms with E-state index in [1.807, 2.05) is 45.0 Å². The first-order valence-electron chi connectivity index (χ1n) is 12.8. The van der Waals surface area contributed by atoms with Crippen LogP contribution in [0.15, 0.2) is 54.6 Å². The van der Waals surface area contributed by atoms with Crippen LogP contribution in [0, 0.1) is 18.8 Å². The normalized spacial score (nSPS) is 14.1. The number of hydrogen-bond donors (Lipinski definition) is 3. The SMILES string of the molecule is Cc1ccccc1CCCC(CC(C)C)C(=O)NCC(F)(F)C(O)C(C)NC(=O)OCc1ccccc1. The molecule has 2 amide bonds. The molecule has 3 N–H and O–H groups in total. The van der Waals surface area contributed by atoms with Gasteiger partial charge in [0.2, 0.25) is 5.91 Å². The summed E-state index contributed by atoms with van der Waals surface area (Å²) in [5.41, 5.74) is 3.14. The van der Waals surface area contributed by atoms with Gasteiger partial charge in [-0.25, -0.2) is 13.6 Å². The first-order chi connectivity index (χ1) is 17.5. The number of alkyl halides is 2. The van der Waals surface area contributed by atoms with Crippen LogP contribution in [-0.4, -0.2) is 41.7 Å². The number of rotatable bonds is 14. The maximum absolute atomic E-state index is 14.7. The minimum Gasteiger partial charge on any atom is -0.445 e. The second kappa shape index (κ2) is 14.7. The molecule has 0 bridgehead atoms. The molecular weight excluding hydrogens is 478 g/mol. The number of aliphatic hydroxyl groups excluding tert-OH is 1. The van der Waals surface area contributed by atoms with E-state index >= 15 is 0 Å². The lowest BCUT2D eigenvalue weighted by Gasteiger charge is -2.28. The molecule has 0 aliphatic carbocycles. The van der Waals surface area contributed by atoms with Crippen molar-refractivity contribution < 1.29 is 28.2 Å². The van der Waals surface area contributed by atoms with Crippen LogP contribution < -0.4 is 10.6 Å². The fourth-order valence-electron chi connectivity index (χ4n) is 4.20. The summed E-state index contributed by atoms with van der Waals surface area (Å²) in [6, 6.07) is 15.7. The zero-order valence-corrected chi connectivity index (χ0v) is 22.2. The average molecular weight is 519 g/mol. The van der Waals surface area contributed by atoms with E-state index in [0.717, 1.165) is 18.4 Å². The van der Waals surface area contributed by atoms with E-state index in [-0.39, 0.29) is 12.5 Å². The number of alkyl carbamates (subject to hydrolysis) is 1. The molecule has 2 aromatic rings. The van der Waals surface area contributed by atoms with Crippen molar-refractivity contribution in [3.63, 3.8) is 0 Å². The van der Waals surface area contributed by atoms with Crippen LogP contribution in [0.25, 0.3) is 0 Å². The summed E-state index contributed by atoms with van der Waals surface area (Å²) in [5.74, 6) is -4.27. The number of benzene rings is 2. The molecular formula is C29H40F2N2O4. The summed E-state index contributed by atoms with van der Waals surface area (Å²) >= 11 is 0. The molecule has 37 heavy (non-hydrogen) atoms. The topological polar surface area (TPSA) is 87.7 Å². The molecule has 3 unspecified atom stereocenters. The van der Waals surface area contributed by atoms with E-state index in [1.165, 1.54) is 18.1 Å². The minimum atomic E-state index is -3.65. The maximum Gasteiger partial charge on any atom is 0.407 e. The van der Waals surface area contributed by atoms with Gasteiger partial charge in [-0.3, -0.25) is 4.79 Å². The Kier molecular flexibility index (Phi) is 12.0. The van der Waals surface area contributed by atoms with Gasteiger partial charge in [0.1, 0.15) is 12.7 Å². The van der Waals surface area contributed by atoms with Crippen LogP contribution in [0.2, 0.25) is 0 Å². The van der Waals surface area contributed by atoms with Gasteiger partial charge in [0.05, 0.1) is 12.6 Å². The Labute approximate surface area is 218 Å². The lowest BCUT2D eigenvalue weighted by Crippen LogP contribution is -2.54. The molecule has 2 aromatic carbocycles. The number of hydrogen-bond acceptors (Lipinski definition) is 4. The van der Waals surface area contributed by atoms with E-state index in [2.05, 4.69) is 16.7 Å². The fraction of sp³-hybridized carbons (Fsp3) is 0.517. The second-order valence-corrected chi connectivity index (χ2v) is 10.1. The van der Waals surface area contributed by atoms with E-state index in [9.17, 15) is 23.5 Å². The monoisotopic (exact) mass is 518 g/mol. The molecule has 0 aliphatic rings. The standard InChI is InChI=1S/C29H40F2N2O4/c1-20(2)17-25(16-10-15-24-14-9-8-11-21(24)3)27(35)32-19-29(30,31)26(34)22(4)33-28(36)37-18-23-12-6-5-7-13-23/h5-9,11-14,20,22,25-26,34H,10,15-19H2,1-4H3,(H,32,35)(H,33,36). The molecule has 0 saturated heterocycles. The van der Waals surface area contributed by atoms with Crippen molar-refractivity contribution in [2.75, 3.05) is 6.54 Å². The predicted octanol–water partition coefficient (Wildman–Crippen LogP) is 5.41. The summed E-state index contributed by atoms with van der Waals surface area (Å²) in [5, 5.41) is 14.8. The van der Waals surface area contributed by atoms with Gasteiger partial charge in [0, 0.05) is 5.92 Å². The van der Waals surface area contributed by atoms with Gasteiger partial charge < -0.3 is 20.5 Å². The highest BCUT2D eigenvalue weighted by Crippen LogP contribution is 2.23. The van der Waals surface area contributed by atoms with Crippen LogP contribution in [-0.2, 0) is 22.6 Å². The van der Waals surface area contributed by atoms with Crippen molar-refractivity contribution in [3.05, 3.63) is 71.3 Å². The van der Waals surface area contributed by atoms with Gasteiger partial charge in [-0.05, 0) is 62.1 Å². The lowest BCUT2D eigenvalue weighted by atomic mass is 9.90. The largest absolute Gasteiger partial charge is 0.445 e. The van der Waals surface area contributed by atoms with Crippen molar-refractivity contribution in [3.8, 4) is 0 Å². The first-order valence-corrected chi connectivity index (χ1v) is 12.8. The third-order valence-corrected chi connectivity index (χ3v) is 6.35. The van der Waals surface area contributed by atoms with Gasteiger partial charge in [-0.1, -0.05) is 68.4 Å². The number of nitrogens with one attached hydrogen (secondary N) is 2. The van der Waals surface area contributed by atoms with Gasteiger partial charge in [0.15, 0.2) is 0 Å². The summed E-state index contributed by atoms with van der Waals surface area (Å²) in [6.45, 7) is 6.24. The van der Waals surface area contributed by atoms with E-state index in [4.69, 9.17) is 4.74 Å². The zero-order chi connectivity index (χ0) is 27.4. The quantitative estimate of drug-likeness (QED) is 0.312. The number of aryl methyl sites for hydroxylation is 2. The predicted molar refractivity (Wildman–Crippen MR) is 140 cm³/mol. The molecule has 0 heterocycles. The van der Waals surface area contributed by atoms with Crippen LogP contribution >= 0.6 is 0 Å². The lowest BCUT2D eigenvalue weighted by molar-refractivity contribution is -0.135. The number of ether oxygens (including phenoxy) is 1. The highest BCUT2D eigenvalue weighted by atomic mass is 19.3. The van der Waals surface area contributed by atoms with Crippen LogP contribution in [0.5, 0.6) is 0 Å². The van der Waals surface area contributed by atoms with Gasteiger partial charge >= 0.3 is 6.09 Å². The molecule has 0 aromatic heterocycles. The Bertz CT molecular complexity index is 985. The Balaban J connectivity index is 1.84. The van der Waals surface area contributed by atoms with E-state index in [1.54, 1.807) is 24.3 Å². The highest BCUT2D eigenvalue weighted by molar-refractivity contribution is 5.78. The summed E-state index contributed by atoms with van der Waals surface area (Å²) < 4.78 is 34.5. The van der Waals surface area contributed by atoms with Gasteiger partial charge in [-0.2, -0.15) is 0 Å². The Hall–Kier alpha value is -3.00. The molecule has 0 fully saturated rings. The Morgan fingerprint density at radius 2 is 1.68 bits per heavy atom. The molecule has 2 rings (SSSR count). The fourth-order valence-corrected chi connectivity index (χ4v) is 4.20. The molecule has 0 saturated carbocycles. The number of halogens is 2. The summed E-state index contributed by atoms with van der Waals surface area (Å²) in [7, 11) is 0. The minimum absolute atomic E-state index is 0.0248. The molecule has 0 radical (unpaired) electrons. The zero-order valence-electron chi connectivity index (χ0n) is 22.2. The number of amides is 2. The Morgan fingerprint density at radius 1 is 1.03 bits per heavy atom. The highest BCUT2D eigenvalue weighted by Gasteiger charge is 2.43. The van der Waals surface area contributed by atoms with E-state index in [0.29, 0.717) is 12.8 Å². The van der Waals surface area contributed by atoms with Crippen molar-refractivity contribution in [1.82, 2.24) is 10.6 Å². The first kappa shape index (κ1) is 30.2. The summed E-state index contributed by atoms with van der Waals surface area (Å²) in [6.07, 6.45) is -0.382. The third kappa shape index (κ3) is 10.5. The van der Waals surface area contributed by atoms with Crippen LogP contribution in [0.1, 0.15) is 56.7 Å². The van der Waals surface area contributed by atoms with Crippen LogP contribution in [0.4, 0.5) is 13.6 Å². The third-order valence-electron chi connectivity index (χ3n) is 6.35. The number of carbonyl (C=O) groups excluding carboxylic acids is 2. The van der Waals surface area contributed by atoms with Crippen molar-refractivity contribution in [2.45, 2.75) is 78.1 Å². The van der Waals surface area contributed by atoms with Gasteiger partial charge in [0.25, 0.3) is 5.92 Å². The molecule has 0 aliphatic heterocycles. The number of aliphatic hydroxyl groups is 1. The number of carbonyl (C=O) groups is 2. The average Bonchev–Trinajstić information content (AvgIpc) is 2.86. The molecule has 3 atom stereocenters. The van der Waals surface area contributed by atoms with Crippen molar-refractivity contribution in [1.29, 1.82) is 0 Å². The van der Waals surface area contributed by atoms with Gasteiger partial charge in [-0.15, -0.1) is 0 Å². The van der Waals surface area contributed by atoms with E-state index < -0.39 is 42.5 Å². The van der Waals surface area contributed by atoms with Crippen molar-refractivity contribution in [2.24, 2.45) is 11.8 Å². The molecule has 8 heteroatoms. The Morgan fingerprint density at radius 3 is 2.32 bits per heavy atom. The van der Waals surface area contributed by atoms with Crippen LogP contribution in [0.3, 0.4) is 0 Å². The second-order valence-electron chi connectivity index (χ2n) is 10.1. The molecule has 204 valence electrons. The molecule has 0 spiro atoms. The van der Waals surface area contributed by atoms with Crippen molar-refractivity contribution >= 4 is 12.0 Å². The summed E-state index contributed by atoms with van der Waals surface area (Å²) in [4.78, 5) is 24.8. The smallest absolute Gasteiger partial charge is 0.407 e. The molecule has 6 nitrogen and oxygen atoms in total.